The van der Waals surface area contributed by atoms with Gasteiger partial charge < -0.3 is 20.4 Å². The summed E-state index contributed by atoms with van der Waals surface area (Å²) >= 11 is 0. The van der Waals surface area contributed by atoms with Gasteiger partial charge in [-0.25, -0.2) is 0 Å². The first kappa shape index (κ1) is 16.6. The summed E-state index contributed by atoms with van der Waals surface area (Å²) in [6, 6.07) is 0.503. The van der Waals surface area contributed by atoms with Gasteiger partial charge in [-0.3, -0.25) is 9.59 Å². The van der Waals surface area contributed by atoms with Gasteiger partial charge in [0.15, 0.2) is 0 Å². The minimum Gasteiger partial charge on any atom is -0.365 e. The Morgan fingerprint density at radius 2 is 1.44 bits per heavy atom. The van der Waals surface area contributed by atoms with Crippen molar-refractivity contribution in [2.24, 2.45) is 11.7 Å². The van der Waals surface area contributed by atoms with Crippen molar-refractivity contribution in [1.82, 2.24) is 14.7 Å². The molecule has 0 aromatic carbocycles. The molecule has 3 saturated heterocycles. The SMILES string of the molecule is CC1CCCCC1N.O=C1C=C(N2CC2)C(=O)C(N2CC2)=C1N1CC1. The Kier molecular flexibility index (Phi) is 4.31. The van der Waals surface area contributed by atoms with Crippen LogP contribution in [0.4, 0.5) is 0 Å². The van der Waals surface area contributed by atoms with Gasteiger partial charge in [0.1, 0.15) is 11.4 Å². The quantitative estimate of drug-likeness (QED) is 0.601. The molecule has 4 fully saturated rings. The monoisotopic (exact) mass is 344 g/mol. The van der Waals surface area contributed by atoms with E-state index in [4.69, 9.17) is 5.73 Å². The summed E-state index contributed by atoms with van der Waals surface area (Å²) < 4.78 is 0. The van der Waals surface area contributed by atoms with Crippen LogP contribution in [0, 0.1) is 5.92 Å². The first-order valence-corrected chi connectivity index (χ1v) is 9.61. The van der Waals surface area contributed by atoms with E-state index < -0.39 is 0 Å². The second-order valence-corrected chi connectivity index (χ2v) is 7.81. The average molecular weight is 344 g/mol. The molecule has 2 unspecified atom stereocenters. The van der Waals surface area contributed by atoms with Crippen molar-refractivity contribution in [1.29, 1.82) is 0 Å². The topological polar surface area (TPSA) is 69.2 Å². The van der Waals surface area contributed by atoms with E-state index in [-0.39, 0.29) is 11.6 Å². The van der Waals surface area contributed by atoms with Crippen LogP contribution in [0.15, 0.2) is 23.2 Å². The molecule has 5 aliphatic rings. The molecule has 5 rings (SSSR count). The van der Waals surface area contributed by atoms with Gasteiger partial charge in [0.2, 0.25) is 11.6 Å². The standard InChI is InChI=1S/C12H13N3O2.C7H15N/c16-9-7-8(13-1-2-13)12(17)11(15-5-6-15)10(9)14-3-4-14;1-6-4-2-3-5-7(6)8/h7H,1-6H2;6-7H,2-5,8H2,1H3. The summed E-state index contributed by atoms with van der Waals surface area (Å²) in [4.78, 5) is 30.5. The Bertz CT molecular complexity index is 632. The first-order valence-electron chi connectivity index (χ1n) is 9.61. The number of Topliss-reactive ketones (excluding diaryl/α,β-unsaturated/α-hetero) is 1. The van der Waals surface area contributed by atoms with Crippen LogP contribution < -0.4 is 5.73 Å². The third-order valence-electron chi connectivity index (χ3n) is 5.67. The Hall–Kier alpha value is -1.82. The van der Waals surface area contributed by atoms with Gasteiger partial charge in [0.05, 0.1) is 5.70 Å². The predicted octanol–water partition coefficient (Wildman–Crippen LogP) is 0.704. The molecule has 2 atom stereocenters. The zero-order valence-electron chi connectivity index (χ0n) is 15.0. The normalized spacial score (nSPS) is 30.8. The van der Waals surface area contributed by atoms with Crippen LogP contribution >= 0.6 is 0 Å². The molecule has 25 heavy (non-hydrogen) atoms. The predicted molar refractivity (Wildman–Crippen MR) is 95.4 cm³/mol. The zero-order valence-corrected chi connectivity index (χ0v) is 15.0. The highest BCUT2D eigenvalue weighted by atomic mass is 16.1. The Balaban J connectivity index is 0.000000166. The van der Waals surface area contributed by atoms with E-state index in [0.29, 0.717) is 23.1 Å². The number of ketones is 2. The number of nitrogens with two attached hydrogens (primary N) is 1. The lowest BCUT2D eigenvalue weighted by molar-refractivity contribution is -0.117. The lowest BCUT2D eigenvalue weighted by Gasteiger charge is -2.24. The molecule has 0 aromatic heterocycles. The lowest BCUT2D eigenvalue weighted by atomic mass is 9.87. The van der Waals surface area contributed by atoms with Gasteiger partial charge in [0, 0.05) is 51.4 Å². The number of carbonyl (C=O) groups excluding carboxylic acids is 2. The van der Waals surface area contributed by atoms with E-state index in [2.05, 4.69) is 6.92 Å². The van der Waals surface area contributed by atoms with E-state index in [1.54, 1.807) is 0 Å². The largest absolute Gasteiger partial charge is 0.365 e. The number of carbonyl (C=O) groups is 2. The highest BCUT2D eigenvalue weighted by molar-refractivity contribution is 6.22. The molecular weight excluding hydrogens is 316 g/mol. The second-order valence-electron chi connectivity index (χ2n) is 7.81. The fourth-order valence-corrected chi connectivity index (χ4v) is 3.62. The molecule has 0 radical (unpaired) electrons. The van der Waals surface area contributed by atoms with Crippen LogP contribution in [0.2, 0.25) is 0 Å². The van der Waals surface area contributed by atoms with Gasteiger partial charge in [-0.1, -0.05) is 19.8 Å². The van der Waals surface area contributed by atoms with Crippen molar-refractivity contribution < 1.29 is 9.59 Å². The Morgan fingerprint density at radius 3 is 1.92 bits per heavy atom. The molecule has 3 heterocycles. The number of hydrogen-bond acceptors (Lipinski definition) is 6. The minimum absolute atomic E-state index is 0.00546. The Labute approximate surface area is 149 Å². The molecule has 6 heteroatoms. The highest BCUT2D eigenvalue weighted by Gasteiger charge is 2.43. The van der Waals surface area contributed by atoms with Crippen LogP contribution in [0.1, 0.15) is 32.6 Å². The first-order chi connectivity index (χ1) is 12.1. The van der Waals surface area contributed by atoms with E-state index in [0.717, 1.165) is 45.2 Å². The molecule has 3 aliphatic heterocycles. The van der Waals surface area contributed by atoms with Crippen molar-refractivity contribution in [3.05, 3.63) is 23.2 Å². The summed E-state index contributed by atoms with van der Waals surface area (Å²) in [6.45, 7) is 7.66. The molecule has 2 aliphatic carbocycles. The van der Waals surface area contributed by atoms with Crippen molar-refractivity contribution in [2.45, 2.75) is 38.6 Å². The van der Waals surface area contributed by atoms with Crippen molar-refractivity contribution in [3.8, 4) is 0 Å². The lowest BCUT2D eigenvalue weighted by Crippen LogP contribution is -2.30. The van der Waals surface area contributed by atoms with Crippen LogP contribution in [0.5, 0.6) is 0 Å². The fourth-order valence-electron chi connectivity index (χ4n) is 3.62. The summed E-state index contributed by atoms with van der Waals surface area (Å²) in [7, 11) is 0. The molecular formula is C19H28N4O2. The van der Waals surface area contributed by atoms with Crippen LogP contribution in [-0.2, 0) is 9.59 Å². The molecule has 2 N–H and O–H groups in total. The fraction of sp³-hybridized carbons (Fsp3) is 0.684. The summed E-state index contributed by atoms with van der Waals surface area (Å²) in [5.74, 6) is 0.830. The van der Waals surface area contributed by atoms with Crippen molar-refractivity contribution >= 4 is 11.6 Å². The van der Waals surface area contributed by atoms with E-state index in [1.165, 1.54) is 31.8 Å². The second kappa shape index (κ2) is 6.48. The van der Waals surface area contributed by atoms with Gasteiger partial charge in [-0.2, -0.15) is 0 Å². The zero-order chi connectivity index (χ0) is 17.6. The molecule has 0 amide bonds. The minimum atomic E-state index is 0.00546. The summed E-state index contributed by atoms with van der Waals surface area (Å²) in [5, 5.41) is 0. The van der Waals surface area contributed by atoms with Crippen LogP contribution in [-0.4, -0.2) is 71.6 Å². The van der Waals surface area contributed by atoms with Crippen molar-refractivity contribution in [3.63, 3.8) is 0 Å². The van der Waals surface area contributed by atoms with Gasteiger partial charge in [0.25, 0.3) is 0 Å². The third kappa shape index (κ3) is 3.59. The van der Waals surface area contributed by atoms with E-state index in [1.807, 2.05) is 14.7 Å². The smallest absolute Gasteiger partial charge is 0.227 e. The summed E-state index contributed by atoms with van der Waals surface area (Å²) in [6.07, 6.45) is 6.87. The molecule has 1 saturated carbocycles. The van der Waals surface area contributed by atoms with E-state index >= 15 is 0 Å². The highest BCUT2D eigenvalue weighted by Crippen LogP contribution is 2.33. The van der Waals surface area contributed by atoms with E-state index in [9.17, 15) is 9.59 Å². The van der Waals surface area contributed by atoms with Crippen LogP contribution in [0.3, 0.4) is 0 Å². The third-order valence-corrected chi connectivity index (χ3v) is 5.67. The molecule has 6 nitrogen and oxygen atoms in total. The number of hydrogen-bond donors (Lipinski definition) is 1. The van der Waals surface area contributed by atoms with Crippen molar-refractivity contribution in [2.75, 3.05) is 39.3 Å². The molecule has 0 bridgehead atoms. The number of allylic oxidation sites excluding steroid dienone is 1. The van der Waals surface area contributed by atoms with Gasteiger partial charge >= 0.3 is 0 Å². The molecule has 0 aromatic rings. The summed E-state index contributed by atoms with van der Waals surface area (Å²) in [5.41, 5.74) is 7.66. The van der Waals surface area contributed by atoms with Gasteiger partial charge in [-0.05, 0) is 18.8 Å². The number of nitrogens with zero attached hydrogens (tertiary/aromatic N) is 3. The maximum atomic E-state index is 12.4. The maximum absolute atomic E-state index is 12.4. The molecule has 0 spiro atoms. The van der Waals surface area contributed by atoms with Crippen LogP contribution in [0.25, 0.3) is 0 Å². The van der Waals surface area contributed by atoms with Gasteiger partial charge in [-0.15, -0.1) is 0 Å². The average Bonchev–Trinajstić information content (AvgIpc) is 3.46. The maximum Gasteiger partial charge on any atom is 0.227 e. The molecule has 136 valence electrons. The number of rotatable bonds is 3. The Morgan fingerprint density at radius 1 is 0.880 bits per heavy atom.